The topological polar surface area (TPSA) is 54.5 Å². The molecule has 0 bridgehead atoms. The summed E-state index contributed by atoms with van der Waals surface area (Å²) < 4.78 is 5.70. The van der Waals surface area contributed by atoms with Gasteiger partial charge >= 0.3 is 0 Å². The molecule has 2 heterocycles. The van der Waals surface area contributed by atoms with E-state index in [1.54, 1.807) is 6.20 Å². The predicted molar refractivity (Wildman–Crippen MR) is 97.1 cm³/mol. The van der Waals surface area contributed by atoms with Gasteiger partial charge in [0.2, 0.25) is 0 Å². The van der Waals surface area contributed by atoms with Crippen molar-refractivity contribution in [2.24, 2.45) is 0 Å². The molecule has 1 amide bonds. The van der Waals surface area contributed by atoms with Crippen LogP contribution in [-0.2, 0) is 17.8 Å². The number of rotatable bonds is 5. The Hall–Kier alpha value is -2.24. The van der Waals surface area contributed by atoms with Crippen LogP contribution in [0.1, 0.15) is 35.5 Å². The van der Waals surface area contributed by atoms with Gasteiger partial charge in [0.05, 0.1) is 17.9 Å². The molecule has 0 aliphatic carbocycles. The highest BCUT2D eigenvalue weighted by atomic mass is 16.5. The minimum absolute atomic E-state index is 0.0787. The molecule has 0 radical (unpaired) electrons. The van der Waals surface area contributed by atoms with E-state index >= 15 is 0 Å². The van der Waals surface area contributed by atoms with Gasteiger partial charge < -0.3 is 15.0 Å². The van der Waals surface area contributed by atoms with E-state index in [2.05, 4.69) is 10.3 Å². The molecule has 3 rings (SSSR count). The van der Waals surface area contributed by atoms with Crippen molar-refractivity contribution in [3.05, 3.63) is 65.5 Å². The summed E-state index contributed by atoms with van der Waals surface area (Å²) in [6.07, 6.45) is 1.97. The van der Waals surface area contributed by atoms with Gasteiger partial charge in [0.25, 0.3) is 5.91 Å². The molecule has 1 saturated heterocycles. The van der Waals surface area contributed by atoms with Crippen LogP contribution in [0.25, 0.3) is 0 Å². The number of carbonyl (C=O) groups excluding carboxylic acids is 1. The number of carbonyl (C=O) groups is 1. The van der Waals surface area contributed by atoms with Gasteiger partial charge in [-0.2, -0.15) is 0 Å². The van der Waals surface area contributed by atoms with Crippen molar-refractivity contribution < 1.29 is 9.53 Å². The van der Waals surface area contributed by atoms with Gasteiger partial charge in [-0.25, -0.2) is 0 Å². The molecule has 0 saturated carbocycles. The van der Waals surface area contributed by atoms with Crippen LogP contribution < -0.4 is 5.32 Å². The van der Waals surface area contributed by atoms with Crippen LogP contribution >= 0.6 is 0 Å². The summed E-state index contributed by atoms with van der Waals surface area (Å²) in [6.45, 7) is 6.79. The van der Waals surface area contributed by atoms with Crippen LogP contribution in [0.5, 0.6) is 0 Å². The third-order valence-corrected chi connectivity index (χ3v) is 4.27. The maximum absolute atomic E-state index is 12.6. The fourth-order valence-corrected chi connectivity index (χ4v) is 3.13. The second-order valence-electron chi connectivity index (χ2n) is 6.59. The Morgan fingerprint density at radius 1 is 1.12 bits per heavy atom. The molecule has 1 aromatic carbocycles. The molecular weight excluding hydrogens is 314 g/mol. The van der Waals surface area contributed by atoms with Gasteiger partial charge in [0.15, 0.2) is 0 Å². The number of hydrogen-bond donors (Lipinski definition) is 1. The third-order valence-electron chi connectivity index (χ3n) is 4.27. The van der Waals surface area contributed by atoms with Crippen molar-refractivity contribution in [2.45, 2.75) is 39.1 Å². The first-order valence-corrected chi connectivity index (χ1v) is 8.76. The Labute approximate surface area is 149 Å². The fourth-order valence-electron chi connectivity index (χ4n) is 3.13. The number of aromatic nitrogens is 1. The zero-order valence-electron chi connectivity index (χ0n) is 14.8. The maximum Gasteiger partial charge on any atom is 0.254 e. The van der Waals surface area contributed by atoms with Crippen molar-refractivity contribution in [3.63, 3.8) is 0 Å². The Morgan fingerprint density at radius 3 is 2.48 bits per heavy atom. The summed E-state index contributed by atoms with van der Waals surface area (Å²) >= 11 is 0. The molecule has 2 atom stereocenters. The second kappa shape index (κ2) is 8.23. The number of nitrogens with zero attached hydrogens (tertiary/aromatic N) is 2. The third kappa shape index (κ3) is 4.87. The van der Waals surface area contributed by atoms with Crippen LogP contribution in [0, 0.1) is 0 Å². The smallest absolute Gasteiger partial charge is 0.254 e. The minimum atomic E-state index is 0.0787. The lowest BCUT2D eigenvalue weighted by molar-refractivity contribution is -0.0586. The maximum atomic E-state index is 12.6. The molecule has 0 spiro atoms. The number of ether oxygens (including phenoxy) is 1. The molecule has 5 nitrogen and oxygen atoms in total. The molecule has 5 heteroatoms. The standard InChI is InChI=1S/C20H25N3O2/c1-15-13-23(14-16(2)25-15)20(24)18-8-6-17(7-9-18)11-21-12-19-5-3-4-10-22-19/h3-10,15-16,21H,11-14H2,1-2H3/t15-,16+. The molecule has 132 valence electrons. The molecule has 2 aromatic rings. The highest BCUT2D eigenvalue weighted by molar-refractivity contribution is 5.94. The number of hydrogen-bond acceptors (Lipinski definition) is 4. The van der Waals surface area contributed by atoms with E-state index in [0.717, 1.165) is 29.9 Å². The SMILES string of the molecule is C[C@@H]1CN(C(=O)c2ccc(CNCc3ccccn3)cc2)C[C@H](C)O1. The monoisotopic (exact) mass is 339 g/mol. The molecule has 1 aromatic heterocycles. The Morgan fingerprint density at radius 2 is 1.84 bits per heavy atom. The second-order valence-corrected chi connectivity index (χ2v) is 6.59. The Bertz CT molecular complexity index is 678. The predicted octanol–water partition coefficient (Wildman–Crippen LogP) is 2.62. The van der Waals surface area contributed by atoms with E-state index in [1.165, 1.54) is 0 Å². The van der Waals surface area contributed by atoms with Crippen LogP contribution in [-0.4, -0.2) is 41.1 Å². The van der Waals surface area contributed by atoms with Crippen LogP contribution in [0.15, 0.2) is 48.7 Å². The molecule has 1 fully saturated rings. The minimum Gasteiger partial charge on any atom is -0.372 e. The van der Waals surface area contributed by atoms with Crippen molar-refractivity contribution in [3.8, 4) is 0 Å². The summed E-state index contributed by atoms with van der Waals surface area (Å²) in [5.74, 6) is 0.0787. The largest absolute Gasteiger partial charge is 0.372 e. The average molecular weight is 339 g/mol. The van der Waals surface area contributed by atoms with Crippen molar-refractivity contribution >= 4 is 5.91 Å². The highest BCUT2D eigenvalue weighted by Crippen LogP contribution is 2.15. The number of amides is 1. The zero-order valence-corrected chi connectivity index (χ0v) is 14.8. The van der Waals surface area contributed by atoms with Gasteiger partial charge in [-0.15, -0.1) is 0 Å². The van der Waals surface area contributed by atoms with E-state index in [-0.39, 0.29) is 18.1 Å². The summed E-state index contributed by atoms with van der Waals surface area (Å²) in [5.41, 5.74) is 2.90. The average Bonchev–Trinajstić information content (AvgIpc) is 2.62. The lowest BCUT2D eigenvalue weighted by Crippen LogP contribution is -2.48. The number of benzene rings is 1. The first-order valence-electron chi connectivity index (χ1n) is 8.76. The molecule has 0 unspecified atom stereocenters. The Kier molecular flexibility index (Phi) is 5.79. The van der Waals surface area contributed by atoms with Crippen molar-refractivity contribution in [1.82, 2.24) is 15.2 Å². The van der Waals surface area contributed by atoms with Gasteiger partial charge in [0.1, 0.15) is 0 Å². The molecule has 1 N–H and O–H groups in total. The van der Waals surface area contributed by atoms with E-state index in [4.69, 9.17) is 4.74 Å². The highest BCUT2D eigenvalue weighted by Gasteiger charge is 2.26. The zero-order chi connectivity index (χ0) is 17.6. The van der Waals surface area contributed by atoms with Gasteiger partial charge in [-0.1, -0.05) is 18.2 Å². The summed E-state index contributed by atoms with van der Waals surface area (Å²) in [5, 5.41) is 3.37. The van der Waals surface area contributed by atoms with Crippen LogP contribution in [0.2, 0.25) is 0 Å². The van der Waals surface area contributed by atoms with E-state index in [1.807, 2.05) is 61.2 Å². The van der Waals surface area contributed by atoms with E-state index in [9.17, 15) is 4.79 Å². The van der Waals surface area contributed by atoms with Crippen molar-refractivity contribution in [1.29, 1.82) is 0 Å². The molecular formula is C20H25N3O2. The van der Waals surface area contributed by atoms with Gasteiger partial charge in [-0.05, 0) is 43.7 Å². The van der Waals surface area contributed by atoms with Crippen molar-refractivity contribution in [2.75, 3.05) is 13.1 Å². The summed E-state index contributed by atoms with van der Waals surface area (Å²) in [6, 6.07) is 13.7. The Balaban J connectivity index is 1.53. The van der Waals surface area contributed by atoms with E-state index < -0.39 is 0 Å². The molecule has 25 heavy (non-hydrogen) atoms. The lowest BCUT2D eigenvalue weighted by atomic mass is 10.1. The van der Waals surface area contributed by atoms with Crippen LogP contribution in [0.4, 0.5) is 0 Å². The first-order chi connectivity index (χ1) is 12.1. The number of nitrogens with one attached hydrogen (secondary N) is 1. The van der Waals surface area contributed by atoms with Crippen LogP contribution in [0.3, 0.4) is 0 Å². The quantitative estimate of drug-likeness (QED) is 0.910. The summed E-state index contributed by atoms with van der Waals surface area (Å²) in [4.78, 5) is 18.8. The fraction of sp³-hybridized carbons (Fsp3) is 0.400. The van der Waals surface area contributed by atoms with E-state index in [0.29, 0.717) is 13.1 Å². The summed E-state index contributed by atoms with van der Waals surface area (Å²) in [7, 11) is 0. The normalized spacial score (nSPS) is 20.5. The number of pyridine rings is 1. The molecule has 1 aliphatic heterocycles. The van der Waals surface area contributed by atoms with Gasteiger partial charge in [0, 0.05) is 37.9 Å². The lowest BCUT2D eigenvalue weighted by Gasteiger charge is -2.35. The molecule has 1 aliphatic rings. The number of morpholine rings is 1. The van der Waals surface area contributed by atoms with Gasteiger partial charge in [-0.3, -0.25) is 9.78 Å². The first kappa shape index (κ1) is 17.6.